The van der Waals surface area contributed by atoms with Gasteiger partial charge in [0.2, 0.25) is 26.0 Å². The van der Waals surface area contributed by atoms with Gasteiger partial charge >= 0.3 is 0 Å². The van der Waals surface area contributed by atoms with Crippen molar-refractivity contribution in [2.75, 3.05) is 25.7 Å². The molecule has 8 nitrogen and oxygen atoms in total. The molecule has 0 heterocycles. The molecule has 0 spiro atoms. The van der Waals surface area contributed by atoms with Crippen LogP contribution in [0.25, 0.3) is 0 Å². The number of nitrogens with zero attached hydrogens (tertiary/aromatic N) is 1. The van der Waals surface area contributed by atoms with Gasteiger partial charge in [0.15, 0.2) is 0 Å². The predicted molar refractivity (Wildman–Crippen MR) is 112 cm³/mol. The van der Waals surface area contributed by atoms with E-state index in [4.69, 9.17) is 0 Å². The summed E-state index contributed by atoms with van der Waals surface area (Å²) in [5.74, 6) is -1.03. The first-order chi connectivity index (χ1) is 13.8. The molecule has 2 N–H and O–H groups in total. The molecule has 0 aromatic heterocycles. The Morgan fingerprint density at radius 3 is 2.20 bits per heavy atom. The van der Waals surface area contributed by atoms with Crippen molar-refractivity contribution in [1.82, 2.24) is 9.03 Å². The molecule has 0 saturated carbocycles. The van der Waals surface area contributed by atoms with Crippen molar-refractivity contribution < 1.29 is 26.0 Å². The van der Waals surface area contributed by atoms with E-state index in [2.05, 4.69) is 10.0 Å². The molecule has 0 aliphatic carbocycles. The molecule has 0 saturated heterocycles. The average Bonchev–Trinajstić information content (AvgIpc) is 2.62. The fourth-order valence-corrected chi connectivity index (χ4v) is 4.34. The van der Waals surface area contributed by atoms with Crippen LogP contribution in [0.1, 0.15) is 23.6 Å². The summed E-state index contributed by atoms with van der Waals surface area (Å²) in [6.07, 6.45) is 0.684. The fourth-order valence-electron chi connectivity index (χ4n) is 2.67. The lowest BCUT2D eigenvalue weighted by Gasteiger charge is -2.19. The lowest BCUT2D eigenvalue weighted by Crippen LogP contribution is -2.31. The second-order valence-corrected chi connectivity index (χ2v) is 10.9. The lowest BCUT2D eigenvalue weighted by molar-refractivity contribution is -0.116. The summed E-state index contributed by atoms with van der Waals surface area (Å²) < 4.78 is 64.7. The number of halogens is 1. The first-order valence-electron chi connectivity index (χ1n) is 8.85. The van der Waals surface area contributed by atoms with E-state index in [0.29, 0.717) is 16.8 Å². The first-order valence-corrected chi connectivity index (χ1v) is 12.2. The van der Waals surface area contributed by atoms with Crippen LogP contribution < -0.4 is 10.0 Å². The average molecular weight is 458 g/mol. The number of aryl methyl sites for hydroxylation is 1. The standard InChI is InChI=1S/C19H24FN3O5S2/c1-13-5-10-16(30(27,28)23(2)3)11-17(13)21-19(24)12-18(22-29(4,25)26)14-6-8-15(20)9-7-14/h5-11,18,22H,12H2,1-4H3,(H,21,24)/t18-/m1/s1. The number of benzene rings is 2. The Kier molecular flexibility index (Phi) is 7.35. The number of nitrogens with one attached hydrogen (secondary N) is 2. The normalized spacial score (nSPS) is 13.3. The maximum absolute atomic E-state index is 13.2. The Morgan fingerprint density at radius 1 is 1.07 bits per heavy atom. The molecule has 164 valence electrons. The molecule has 0 aliphatic rings. The number of carbonyl (C=O) groups is 1. The minimum Gasteiger partial charge on any atom is -0.326 e. The molecule has 0 bridgehead atoms. The second-order valence-electron chi connectivity index (χ2n) is 7.01. The molecular weight excluding hydrogens is 433 g/mol. The summed E-state index contributed by atoms with van der Waals surface area (Å²) in [5, 5.41) is 2.63. The van der Waals surface area contributed by atoms with Crippen molar-refractivity contribution >= 4 is 31.6 Å². The number of hydrogen-bond acceptors (Lipinski definition) is 5. The van der Waals surface area contributed by atoms with Crippen LogP contribution in [-0.4, -0.2) is 47.4 Å². The maximum Gasteiger partial charge on any atom is 0.242 e. The third-order valence-electron chi connectivity index (χ3n) is 4.28. The highest BCUT2D eigenvalue weighted by Crippen LogP contribution is 2.24. The second kappa shape index (κ2) is 9.21. The molecule has 0 aliphatic heterocycles. The summed E-state index contributed by atoms with van der Waals surface area (Å²) in [7, 11) is -4.54. The van der Waals surface area contributed by atoms with Crippen LogP contribution in [0.15, 0.2) is 47.4 Å². The van der Waals surface area contributed by atoms with Crippen molar-refractivity contribution in [3.8, 4) is 0 Å². The number of hydrogen-bond donors (Lipinski definition) is 2. The van der Waals surface area contributed by atoms with Gasteiger partial charge in [-0.05, 0) is 42.3 Å². The zero-order valence-corrected chi connectivity index (χ0v) is 18.6. The van der Waals surface area contributed by atoms with Gasteiger partial charge in [-0.15, -0.1) is 0 Å². The Bertz CT molecular complexity index is 1130. The third kappa shape index (κ3) is 6.33. The van der Waals surface area contributed by atoms with Gasteiger partial charge in [0.25, 0.3) is 0 Å². The Balaban J connectivity index is 2.28. The first kappa shape index (κ1) is 23.9. The van der Waals surface area contributed by atoms with E-state index < -0.39 is 37.8 Å². The van der Waals surface area contributed by atoms with Crippen LogP contribution in [0.2, 0.25) is 0 Å². The minimum absolute atomic E-state index is 0.0118. The zero-order chi connectivity index (χ0) is 22.7. The Hall–Kier alpha value is -2.34. The van der Waals surface area contributed by atoms with E-state index in [-0.39, 0.29) is 11.3 Å². The van der Waals surface area contributed by atoms with E-state index in [1.807, 2.05) is 0 Å². The predicted octanol–water partition coefficient (Wildman–Crippen LogP) is 2.00. The summed E-state index contributed by atoms with van der Waals surface area (Å²) in [6.45, 7) is 1.70. The van der Waals surface area contributed by atoms with E-state index in [0.717, 1.165) is 10.6 Å². The monoisotopic (exact) mass is 457 g/mol. The lowest BCUT2D eigenvalue weighted by atomic mass is 10.0. The molecule has 30 heavy (non-hydrogen) atoms. The molecule has 2 aromatic rings. The van der Waals surface area contributed by atoms with Crippen molar-refractivity contribution in [3.05, 3.63) is 59.4 Å². The van der Waals surface area contributed by atoms with Gasteiger partial charge < -0.3 is 5.32 Å². The van der Waals surface area contributed by atoms with E-state index in [1.54, 1.807) is 13.0 Å². The summed E-state index contributed by atoms with van der Waals surface area (Å²) in [4.78, 5) is 12.6. The van der Waals surface area contributed by atoms with Gasteiger partial charge in [0.05, 0.1) is 17.2 Å². The topological polar surface area (TPSA) is 113 Å². The van der Waals surface area contributed by atoms with Crippen molar-refractivity contribution in [2.24, 2.45) is 0 Å². The van der Waals surface area contributed by atoms with Gasteiger partial charge in [0, 0.05) is 26.2 Å². The zero-order valence-electron chi connectivity index (χ0n) is 17.0. The SMILES string of the molecule is Cc1ccc(S(=O)(=O)N(C)C)cc1NC(=O)C[C@@H](NS(C)(=O)=O)c1ccc(F)cc1. The summed E-state index contributed by atoms with van der Waals surface area (Å²) in [5.41, 5.74) is 1.34. The fraction of sp³-hybridized carbons (Fsp3) is 0.316. The highest BCUT2D eigenvalue weighted by atomic mass is 32.2. The molecule has 2 rings (SSSR count). The van der Waals surface area contributed by atoms with Crippen LogP contribution in [0, 0.1) is 12.7 Å². The largest absolute Gasteiger partial charge is 0.326 e. The molecule has 11 heteroatoms. The van der Waals surface area contributed by atoms with Gasteiger partial charge in [-0.3, -0.25) is 4.79 Å². The van der Waals surface area contributed by atoms with Crippen LogP contribution in [0.3, 0.4) is 0 Å². The third-order valence-corrected chi connectivity index (χ3v) is 6.80. The minimum atomic E-state index is -3.69. The molecule has 1 atom stereocenters. The molecule has 1 amide bonds. The molecule has 0 unspecified atom stereocenters. The van der Waals surface area contributed by atoms with E-state index in [1.165, 1.54) is 50.5 Å². The van der Waals surface area contributed by atoms with E-state index in [9.17, 15) is 26.0 Å². The van der Waals surface area contributed by atoms with Gasteiger partial charge in [0.1, 0.15) is 5.82 Å². The number of rotatable bonds is 8. The summed E-state index contributed by atoms with van der Waals surface area (Å²) >= 11 is 0. The maximum atomic E-state index is 13.2. The quantitative estimate of drug-likeness (QED) is 0.630. The van der Waals surface area contributed by atoms with E-state index >= 15 is 0 Å². The number of anilines is 1. The number of carbonyl (C=O) groups excluding carboxylic acids is 1. The van der Waals surface area contributed by atoms with Crippen molar-refractivity contribution in [1.29, 1.82) is 0 Å². The van der Waals surface area contributed by atoms with Crippen LogP contribution in [0.5, 0.6) is 0 Å². The molecular formula is C19H24FN3O5S2. The molecule has 0 fully saturated rings. The van der Waals surface area contributed by atoms with Crippen molar-refractivity contribution in [3.63, 3.8) is 0 Å². The highest BCUT2D eigenvalue weighted by Gasteiger charge is 2.22. The Morgan fingerprint density at radius 2 is 1.67 bits per heavy atom. The van der Waals surface area contributed by atoms with Crippen LogP contribution >= 0.6 is 0 Å². The summed E-state index contributed by atoms with van der Waals surface area (Å²) in [6, 6.07) is 8.55. The number of amides is 1. The van der Waals surface area contributed by atoms with Gasteiger partial charge in [-0.25, -0.2) is 30.3 Å². The van der Waals surface area contributed by atoms with Crippen LogP contribution in [-0.2, 0) is 24.8 Å². The molecule has 0 radical (unpaired) electrons. The van der Waals surface area contributed by atoms with Crippen molar-refractivity contribution in [2.45, 2.75) is 24.3 Å². The van der Waals surface area contributed by atoms with Crippen LogP contribution in [0.4, 0.5) is 10.1 Å². The number of sulfonamides is 2. The van der Waals surface area contributed by atoms with Gasteiger partial charge in [-0.2, -0.15) is 0 Å². The smallest absolute Gasteiger partial charge is 0.242 e. The Labute approximate surface area is 176 Å². The molecule has 2 aromatic carbocycles. The highest BCUT2D eigenvalue weighted by molar-refractivity contribution is 7.89. The van der Waals surface area contributed by atoms with Gasteiger partial charge in [-0.1, -0.05) is 18.2 Å².